The van der Waals surface area contributed by atoms with E-state index in [0.29, 0.717) is 0 Å². The first-order valence-electron chi connectivity index (χ1n) is 7.77. The zero-order chi connectivity index (χ0) is 20.0. The maximum absolute atomic E-state index is 12.7. The molecule has 0 saturated carbocycles. The molecule has 144 valence electrons. The van der Waals surface area contributed by atoms with Crippen LogP contribution >= 0.6 is 11.6 Å². The molecule has 2 rings (SSSR count). The highest BCUT2D eigenvalue weighted by molar-refractivity contribution is 6.33. The molecule has 2 aromatic rings. The Kier molecular flexibility index (Phi) is 6.68. The van der Waals surface area contributed by atoms with Crippen LogP contribution in [-0.2, 0) is 15.7 Å². The van der Waals surface area contributed by atoms with E-state index in [1.165, 1.54) is 18.2 Å². The number of hydrogen-bond donors (Lipinski definition) is 1. The molecule has 1 N–H and O–H groups in total. The Labute approximate surface area is 158 Å². The number of benzene rings is 2. The molecule has 0 aromatic heterocycles. The third-order valence-corrected chi connectivity index (χ3v) is 3.61. The molecule has 2 aromatic carbocycles. The molecule has 0 heterocycles. The standard InChI is InChI=1S/C18H15ClF3NO4/c1-2-26-17(25)11-4-3-5-13(8-11)27-10-16(24)23-15-9-12(18(20,21)22)6-7-14(15)19/h3-9H,2,10H2,1H3,(H,23,24). The van der Waals surface area contributed by atoms with E-state index in [9.17, 15) is 22.8 Å². The number of amides is 1. The van der Waals surface area contributed by atoms with Crippen LogP contribution in [0.4, 0.5) is 18.9 Å². The number of anilines is 1. The van der Waals surface area contributed by atoms with Crippen LogP contribution < -0.4 is 10.1 Å². The molecule has 5 nitrogen and oxygen atoms in total. The van der Waals surface area contributed by atoms with Crippen molar-refractivity contribution in [2.45, 2.75) is 13.1 Å². The van der Waals surface area contributed by atoms with Crippen LogP contribution in [0.2, 0.25) is 5.02 Å². The number of rotatable bonds is 6. The van der Waals surface area contributed by atoms with Gasteiger partial charge in [-0.2, -0.15) is 13.2 Å². The predicted octanol–water partition coefficient (Wildman–Crippen LogP) is 4.55. The van der Waals surface area contributed by atoms with Crippen molar-refractivity contribution in [1.29, 1.82) is 0 Å². The van der Waals surface area contributed by atoms with Gasteiger partial charge in [0, 0.05) is 0 Å². The van der Waals surface area contributed by atoms with Crippen LogP contribution in [0.25, 0.3) is 0 Å². The minimum Gasteiger partial charge on any atom is -0.484 e. The quantitative estimate of drug-likeness (QED) is 0.721. The van der Waals surface area contributed by atoms with Gasteiger partial charge < -0.3 is 14.8 Å². The molecule has 0 radical (unpaired) electrons. The Morgan fingerprint density at radius 1 is 1.15 bits per heavy atom. The van der Waals surface area contributed by atoms with E-state index in [2.05, 4.69) is 5.32 Å². The summed E-state index contributed by atoms with van der Waals surface area (Å²) in [7, 11) is 0. The smallest absolute Gasteiger partial charge is 0.416 e. The summed E-state index contributed by atoms with van der Waals surface area (Å²) in [6.45, 7) is 1.39. The number of alkyl halides is 3. The Morgan fingerprint density at radius 2 is 1.89 bits per heavy atom. The molecule has 0 aliphatic rings. The van der Waals surface area contributed by atoms with E-state index < -0.39 is 30.2 Å². The van der Waals surface area contributed by atoms with Crippen molar-refractivity contribution in [2.75, 3.05) is 18.5 Å². The Balaban J connectivity index is 2.01. The van der Waals surface area contributed by atoms with Crippen LogP contribution in [0.15, 0.2) is 42.5 Å². The summed E-state index contributed by atoms with van der Waals surface area (Å²) in [6.07, 6.45) is -4.56. The van der Waals surface area contributed by atoms with Crippen molar-refractivity contribution in [3.05, 3.63) is 58.6 Å². The monoisotopic (exact) mass is 401 g/mol. The highest BCUT2D eigenvalue weighted by Gasteiger charge is 2.31. The zero-order valence-corrected chi connectivity index (χ0v) is 14.9. The maximum Gasteiger partial charge on any atom is 0.416 e. The molecule has 1 amide bonds. The Bertz CT molecular complexity index is 840. The molecule has 0 atom stereocenters. The number of nitrogens with one attached hydrogen (secondary N) is 1. The molecular formula is C18H15ClF3NO4. The van der Waals surface area contributed by atoms with Gasteiger partial charge in [0.05, 0.1) is 28.4 Å². The summed E-state index contributed by atoms with van der Waals surface area (Å²) < 4.78 is 48.4. The van der Waals surface area contributed by atoms with Gasteiger partial charge in [-0.05, 0) is 43.3 Å². The van der Waals surface area contributed by atoms with Gasteiger partial charge in [-0.3, -0.25) is 4.79 Å². The van der Waals surface area contributed by atoms with Gasteiger partial charge in [0.25, 0.3) is 5.91 Å². The number of esters is 1. The normalized spacial score (nSPS) is 11.0. The van der Waals surface area contributed by atoms with Gasteiger partial charge in [-0.25, -0.2) is 4.79 Å². The molecule has 27 heavy (non-hydrogen) atoms. The fourth-order valence-corrected chi connectivity index (χ4v) is 2.22. The number of halogens is 4. The van der Waals surface area contributed by atoms with Gasteiger partial charge >= 0.3 is 12.1 Å². The van der Waals surface area contributed by atoms with Crippen molar-refractivity contribution >= 4 is 29.2 Å². The van der Waals surface area contributed by atoms with E-state index in [-0.39, 0.29) is 28.6 Å². The predicted molar refractivity (Wildman–Crippen MR) is 93.0 cm³/mol. The first-order chi connectivity index (χ1) is 12.7. The highest BCUT2D eigenvalue weighted by Crippen LogP contribution is 2.33. The third-order valence-electron chi connectivity index (χ3n) is 3.28. The van der Waals surface area contributed by atoms with Crippen LogP contribution in [0.3, 0.4) is 0 Å². The lowest BCUT2D eigenvalue weighted by Crippen LogP contribution is -2.21. The van der Waals surface area contributed by atoms with E-state index in [0.717, 1.165) is 18.2 Å². The maximum atomic E-state index is 12.7. The average Bonchev–Trinajstić information content (AvgIpc) is 2.61. The molecule has 9 heteroatoms. The summed E-state index contributed by atoms with van der Waals surface area (Å²) in [6, 6.07) is 8.58. The van der Waals surface area contributed by atoms with Crippen molar-refractivity contribution in [1.82, 2.24) is 0 Å². The third kappa shape index (κ3) is 5.89. The van der Waals surface area contributed by atoms with Gasteiger partial charge in [-0.15, -0.1) is 0 Å². The van der Waals surface area contributed by atoms with Gasteiger partial charge in [0.15, 0.2) is 6.61 Å². The minimum absolute atomic E-state index is 0.0411. The van der Waals surface area contributed by atoms with Crippen LogP contribution in [0.1, 0.15) is 22.8 Å². The molecule has 0 bridgehead atoms. The van der Waals surface area contributed by atoms with E-state index in [1.807, 2.05) is 0 Å². The number of carbonyl (C=O) groups excluding carboxylic acids is 2. The first kappa shape index (κ1) is 20.6. The summed E-state index contributed by atoms with van der Waals surface area (Å²) in [5, 5.41) is 2.22. The first-order valence-corrected chi connectivity index (χ1v) is 8.15. The van der Waals surface area contributed by atoms with Crippen molar-refractivity contribution in [3.63, 3.8) is 0 Å². The lowest BCUT2D eigenvalue weighted by molar-refractivity contribution is -0.137. The zero-order valence-electron chi connectivity index (χ0n) is 14.1. The molecular weight excluding hydrogens is 387 g/mol. The van der Waals surface area contributed by atoms with Crippen molar-refractivity contribution in [2.24, 2.45) is 0 Å². The second-order valence-corrected chi connectivity index (χ2v) is 5.68. The Morgan fingerprint density at radius 3 is 2.56 bits per heavy atom. The van der Waals surface area contributed by atoms with Gasteiger partial charge in [0.2, 0.25) is 0 Å². The fraction of sp³-hybridized carbons (Fsp3) is 0.222. The van der Waals surface area contributed by atoms with Crippen LogP contribution in [0.5, 0.6) is 5.75 Å². The summed E-state index contributed by atoms with van der Waals surface area (Å²) in [5.74, 6) is -1.02. The number of hydrogen-bond acceptors (Lipinski definition) is 4. The van der Waals surface area contributed by atoms with Gasteiger partial charge in [-0.1, -0.05) is 17.7 Å². The summed E-state index contributed by atoms with van der Waals surface area (Å²) in [5.41, 5.74) is -0.874. The average molecular weight is 402 g/mol. The van der Waals surface area contributed by atoms with E-state index in [4.69, 9.17) is 21.1 Å². The SMILES string of the molecule is CCOC(=O)c1cccc(OCC(=O)Nc2cc(C(F)(F)F)ccc2Cl)c1. The molecule has 0 spiro atoms. The van der Waals surface area contributed by atoms with Crippen molar-refractivity contribution < 1.29 is 32.2 Å². The van der Waals surface area contributed by atoms with Crippen LogP contribution in [0, 0.1) is 0 Å². The molecule has 0 aliphatic heterocycles. The molecule has 0 aliphatic carbocycles. The lowest BCUT2D eigenvalue weighted by Gasteiger charge is -2.12. The molecule has 0 fully saturated rings. The largest absolute Gasteiger partial charge is 0.484 e. The lowest BCUT2D eigenvalue weighted by atomic mass is 10.2. The number of ether oxygens (including phenoxy) is 2. The number of carbonyl (C=O) groups is 2. The molecule has 0 saturated heterocycles. The second-order valence-electron chi connectivity index (χ2n) is 5.28. The fourth-order valence-electron chi connectivity index (χ4n) is 2.06. The summed E-state index contributed by atoms with van der Waals surface area (Å²) in [4.78, 5) is 23.6. The second kappa shape index (κ2) is 8.77. The molecule has 0 unspecified atom stereocenters. The topological polar surface area (TPSA) is 64.6 Å². The Hall–Kier alpha value is -2.74. The van der Waals surface area contributed by atoms with Crippen LogP contribution in [-0.4, -0.2) is 25.1 Å². The van der Waals surface area contributed by atoms with E-state index >= 15 is 0 Å². The minimum atomic E-state index is -4.56. The van der Waals surface area contributed by atoms with Gasteiger partial charge in [0.1, 0.15) is 5.75 Å². The van der Waals surface area contributed by atoms with E-state index in [1.54, 1.807) is 13.0 Å². The summed E-state index contributed by atoms with van der Waals surface area (Å²) >= 11 is 5.82. The van der Waals surface area contributed by atoms with Crippen molar-refractivity contribution in [3.8, 4) is 5.75 Å². The highest BCUT2D eigenvalue weighted by atomic mass is 35.5.